The van der Waals surface area contributed by atoms with Crippen molar-refractivity contribution in [2.24, 2.45) is 5.73 Å². The molecule has 0 radical (unpaired) electrons. The van der Waals surface area contributed by atoms with E-state index in [4.69, 9.17) is 15.2 Å². The van der Waals surface area contributed by atoms with Gasteiger partial charge in [0.1, 0.15) is 5.56 Å². The first-order chi connectivity index (χ1) is 8.36. The third-order valence-electron chi connectivity index (χ3n) is 2.69. The largest absolute Gasteiger partial charge is 0.493 e. The summed E-state index contributed by atoms with van der Waals surface area (Å²) >= 11 is 0. The van der Waals surface area contributed by atoms with Crippen LogP contribution in [0.25, 0.3) is 0 Å². The Bertz CT molecular complexity index is 478. The van der Waals surface area contributed by atoms with Crippen molar-refractivity contribution in [2.75, 3.05) is 14.2 Å². The van der Waals surface area contributed by atoms with E-state index in [9.17, 15) is 14.9 Å². The number of benzene rings is 1. The second-order valence-corrected chi connectivity index (χ2v) is 3.66. The van der Waals surface area contributed by atoms with Gasteiger partial charge in [-0.1, -0.05) is 0 Å². The van der Waals surface area contributed by atoms with Crippen molar-refractivity contribution in [3.8, 4) is 11.5 Å². The quantitative estimate of drug-likeness (QED) is 0.644. The lowest BCUT2D eigenvalue weighted by atomic mass is 9.99. The number of amides is 1. The second kappa shape index (κ2) is 4.91. The van der Waals surface area contributed by atoms with E-state index in [0.29, 0.717) is 5.56 Å². The zero-order chi connectivity index (χ0) is 14.0. The topological polar surface area (TPSA) is 105 Å². The van der Waals surface area contributed by atoms with Crippen molar-refractivity contribution in [3.63, 3.8) is 0 Å². The van der Waals surface area contributed by atoms with Gasteiger partial charge in [-0.3, -0.25) is 14.9 Å². The molecule has 0 aliphatic carbocycles. The molecule has 98 valence electrons. The zero-order valence-corrected chi connectivity index (χ0v) is 10.6. The number of nitrogens with zero attached hydrogens (tertiary/aromatic N) is 1. The molecule has 0 fully saturated rings. The smallest absolute Gasteiger partial charge is 0.289 e. The molecule has 0 saturated carbocycles. The van der Waals surface area contributed by atoms with Gasteiger partial charge in [0.05, 0.1) is 24.7 Å². The maximum Gasteiger partial charge on any atom is 0.289 e. The SMILES string of the molecule is COc1c(C)c(C(N)=O)c([N+](=O)[O-])c(C)c1OC. The van der Waals surface area contributed by atoms with Crippen LogP contribution in [0.15, 0.2) is 0 Å². The van der Waals surface area contributed by atoms with Gasteiger partial charge >= 0.3 is 0 Å². The highest BCUT2D eigenvalue weighted by molar-refractivity contribution is 6.00. The third-order valence-corrected chi connectivity index (χ3v) is 2.69. The minimum absolute atomic E-state index is 0.157. The van der Waals surface area contributed by atoms with E-state index in [-0.39, 0.29) is 28.3 Å². The van der Waals surface area contributed by atoms with Crippen LogP contribution in [0, 0.1) is 24.0 Å². The zero-order valence-electron chi connectivity index (χ0n) is 10.6. The Kier molecular flexibility index (Phi) is 3.75. The van der Waals surface area contributed by atoms with E-state index >= 15 is 0 Å². The number of methoxy groups -OCH3 is 2. The van der Waals surface area contributed by atoms with E-state index in [1.165, 1.54) is 28.1 Å². The Labute approximate surface area is 104 Å². The van der Waals surface area contributed by atoms with Gasteiger partial charge in [-0.25, -0.2) is 0 Å². The molecular weight excluding hydrogens is 240 g/mol. The molecule has 1 rings (SSSR count). The lowest BCUT2D eigenvalue weighted by Gasteiger charge is -2.16. The third kappa shape index (κ3) is 1.94. The van der Waals surface area contributed by atoms with Gasteiger partial charge < -0.3 is 15.2 Å². The summed E-state index contributed by atoms with van der Waals surface area (Å²) in [5.74, 6) is -0.371. The number of rotatable bonds is 4. The number of ether oxygens (including phenoxy) is 2. The summed E-state index contributed by atoms with van der Waals surface area (Å²) in [6.45, 7) is 3.00. The standard InChI is InChI=1S/C11H14N2O5/c1-5-7(11(12)14)8(13(15)16)6(2)10(18-4)9(5)17-3/h1-4H3,(H2,12,14). The summed E-state index contributed by atoms with van der Waals surface area (Å²) in [5, 5.41) is 11.1. The van der Waals surface area contributed by atoms with Crippen LogP contribution >= 0.6 is 0 Å². The summed E-state index contributed by atoms with van der Waals surface area (Å²) in [5.41, 5.74) is 5.19. The fourth-order valence-corrected chi connectivity index (χ4v) is 1.95. The maximum atomic E-state index is 11.4. The highest BCUT2D eigenvalue weighted by Crippen LogP contribution is 2.42. The molecule has 18 heavy (non-hydrogen) atoms. The molecule has 0 aromatic heterocycles. The highest BCUT2D eigenvalue weighted by Gasteiger charge is 2.30. The van der Waals surface area contributed by atoms with Crippen LogP contribution in [0.1, 0.15) is 21.5 Å². The fourth-order valence-electron chi connectivity index (χ4n) is 1.95. The van der Waals surface area contributed by atoms with E-state index in [0.717, 1.165) is 0 Å². The molecule has 1 amide bonds. The molecule has 0 spiro atoms. The molecule has 0 aliphatic rings. The van der Waals surface area contributed by atoms with Gasteiger partial charge in [0, 0.05) is 5.56 Å². The van der Waals surface area contributed by atoms with Crippen molar-refractivity contribution in [3.05, 3.63) is 26.8 Å². The summed E-state index contributed by atoms with van der Waals surface area (Å²) in [6, 6.07) is 0. The van der Waals surface area contributed by atoms with Crippen molar-refractivity contribution < 1.29 is 19.2 Å². The summed E-state index contributed by atoms with van der Waals surface area (Å²) in [6.07, 6.45) is 0. The number of hydrogen-bond donors (Lipinski definition) is 1. The average molecular weight is 254 g/mol. The molecule has 1 aromatic rings. The first-order valence-electron chi connectivity index (χ1n) is 5.06. The number of nitro benzene ring substituents is 1. The normalized spacial score (nSPS) is 10.0. The second-order valence-electron chi connectivity index (χ2n) is 3.66. The number of carbonyl (C=O) groups excluding carboxylic acids is 1. The van der Waals surface area contributed by atoms with Gasteiger partial charge in [0.25, 0.3) is 11.6 Å². The molecule has 0 heterocycles. The van der Waals surface area contributed by atoms with E-state index in [2.05, 4.69) is 0 Å². The van der Waals surface area contributed by atoms with Crippen LogP contribution in [-0.2, 0) is 0 Å². The lowest BCUT2D eigenvalue weighted by molar-refractivity contribution is -0.385. The van der Waals surface area contributed by atoms with Gasteiger partial charge in [-0.05, 0) is 13.8 Å². The summed E-state index contributed by atoms with van der Waals surface area (Å²) in [7, 11) is 2.76. The number of nitrogens with two attached hydrogens (primary N) is 1. The van der Waals surface area contributed by atoms with Crippen molar-refractivity contribution in [2.45, 2.75) is 13.8 Å². The maximum absolute atomic E-state index is 11.4. The predicted molar refractivity (Wildman–Crippen MR) is 64.2 cm³/mol. The summed E-state index contributed by atoms with van der Waals surface area (Å²) < 4.78 is 10.2. The Hall–Kier alpha value is -2.31. The molecule has 7 heteroatoms. The van der Waals surface area contributed by atoms with Crippen LogP contribution in [0.2, 0.25) is 0 Å². The van der Waals surface area contributed by atoms with Gasteiger partial charge in [-0.15, -0.1) is 0 Å². The molecule has 1 aromatic carbocycles. The van der Waals surface area contributed by atoms with Gasteiger partial charge in [-0.2, -0.15) is 0 Å². The molecular formula is C11H14N2O5. The minimum Gasteiger partial charge on any atom is -0.493 e. The molecule has 2 N–H and O–H groups in total. The van der Waals surface area contributed by atoms with Crippen LogP contribution in [0.5, 0.6) is 11.5 Å². The molecule has 0 unspecified atom stereocenters. The Morgan fingerprint density at radius 1 is 1.17 bits per heavy atom. The molecule has 7 nitrogen and oxygen atoms in total. The molecule has 0 aliphatic heterocycles. The van der Waals surface area contributed by atoms with E-state index in [1.54, 1.807) is 0 Å². The Balaban J connectivity index is 3.86. The van der Waals surface area contributed by atoms with Gasteiger partial charge in [0.15, 0.2) is 11.5 Å². The number of primary amides is 1. The number of carbonyl (C=O) groups is 1. The van der Waals surface area contributed by atoms with Crippen LogP contribution in [-0.4, -0.2) is 25.1 Å². The van der Waals surface area contributed by atoms with Crippen LogP contribution in [0.4, 0.5) is 5.69 Å². The van der Waals surface area contributed by atoms with Crippen molar-refractivity contribution in [1.29, 1.82) is 0 Å². The Morgan fingerprint density at radius 3 is 1.94 bits per heavy atom. The van der Waals surface area contributed by atoms with Crippen LogP contribution in [0.3, 0.4) is 0 Å². The number of hydrogen-bond acceptors (Lipinski definition) is 5. The highest BCUT2D eigenvalue weighted by atomic mass is 16.6. The average Bonchev–Trinajstić information content (AvgIpc) is 2.29. The lowest BCUT2D eigenvalue weighted by Crippen LogP contribution is -2.17. The Morgan fingerprint density at radius 2 is 1.61 bits per heavy atom. The molecule has 0 bridgehead atoms. The molecule has 0 saturated heterocycles. The molecule has 0 atom stereocenters. The first kappa shape index (κ1) is 13.8. The first-order valence-corrected chi connectivity index (χ1v) is 5.06. The van der Waals surface area contributed by atoms with Crippen LogP contribution < -0.4 is 15.2 Å². The van der Waals surface area contributed by atoms with Crippen molar-refractivity contribution in [1.82, 2.24) is 0 Å². The number of nitro groups is 1. The van der Waals surface area contributed by atoms with Gasteiger partial charge in [0.2, 0.25) is 0 Å². The predicted octanol–water partition coefficient (Wildman–Crippen LogP) is 1.33. The monoisotopic (exact) mass is 254 g/mol. The minimum atomic E-state index is -0.872. The van der Waals surface area contributed by atoms with E-state index in [1.807, 2.05) is 0 Å². The van der Waals surface area contributed by atoms with E-state index < -0.39 is 10.8 Å². The fraction of sp³-hybridized carbons (Fsp3) is 0.364. The summed E-state index contributed by atoms with van der Waals surface area (Å²) in [4.78, 5) is 21.8. The van der Waals surface area contributed by atoms with Crippen molar-refractivity contribution >= 4 is 11.6 Å².